The molecule has 0 unspecified atom stereocenters. The molecule has 1 aliphatic heterocycles. The highest BCUT2D eigenvalue weighted by molar-refractivity contribution is 6.11. The lowest BCUT2D eigenvalue weighted by Gasteiger charge is -2.22. The molecular weight excluding hydrogens is 435 g/mol. The van der Waals surface area contributed by atoms with Crippen LogP contribution in [0.1, 0.15) is 35.6 Å². The van der Waals surface area contributed by atoms with Crippen molar-refractivity contribution in [2.24, 2.45) is 0 Å². The highest BCUT2D eigenvalue weighted by Crippen LogP contribution is 2.37. The molecule has 1 aromatic carbocycles. The van der Waals surface area contributed by atoms with Crippen LogP contribution in [0.3, 0.4) is 0 Å². The summed E-state index contributed by atoms with van der Waals surface area (Å²) in [6, 6.07) is 5.66. The van der Waals surface area contributed by atoms with E-state index in [4.69, 9.17) is 20.4 Å². The predicted octanol–water partition coefficient (Wildman–Crippen LogP) is 4.43. The number of anilines is 1. The van der Waals surface area contributed by atoms with Crippen LogP contribution in [0.25, 0.3) is 11.1 Å². The molecule has 2 aromatic heterocycles. The van der Waals surface area contributed by atoms with Crippen molar-refractivity contribution in [3.05, 3.63) is 70.6 Å². The average Bonchev–Trinajstić information content (AvgIpc) is 3.15. The average molecular weight is 457 g/mol. The molecule has 0 saturated heterocycles. The predicted molar refractivity (Wildman–Crippen MR) is 117 cm³/mol. The van der Waals surface area contributed by atoms with Gasteiger partial charge in [0.25, 0.3) is 0 Å². The van der Waals surface area contributed by atoms with Gasteiger partial charge in [0, 0.05) is 48.1 Å². The van der Waals surface area contributed by atoms with Gasteiger partial charge in [-0.25, -0.2) is 18.2 Å². The summed E-state index contributed by atoms with van der Waals surface area (Å²) in [5, 5.41) is 15.6. The van der Waals surface area contributed by atoms with Gasteiger partial charge in [-0.3, -0.25) is 5.41 Å². The molecule has 2 bridgehead atoms. The molecule has 10 heteroatoms. The summed E-state index contributed by atoms with van der Waals surface area (Å²) >= 11 is 0. The van der Waals surface area contributed by atoms with Gasteiger partial charge in [-0.2, -0.15) is 0 Å². The lowest BCUT2D eigenvalue weighted by molar-refractivity contribution is 0.146. The maximum absolute atomic E-state index is 14.1. The molecule has 0 saturated carbocycles. The van der Waals surface area contributed by atoms with Crippen LogP contribution in [-0.4, -0.2) is 29.3 Å². The minimum absolute atomic E-state index is 0.0699. The van der Waals surface area contributed by atoms with Gasteiger partial charge in [0.15, 0.2) is 11.6 Å². The van der Waals surface area contributed by atoms with Crippen LogP contribution in [0.15, 0.2) is 46.8 Å². The van der Waals surface area contributed by atoms with Gasteiger partial charge in [0.2, 0.25) is 6.43 Å². The number of benzene rings is 1. The number of nitrogens with two attached hydrogens (primary N) is 1. The number of allylic oxidation sites excluding steroid dienone is 1. The van der Waals surface area contributed by atoms with Crippen LogP contribution >= 0.6 is 0 Å². The topological polar surface area (TPSA) is 110 Å². The molecule has 4 N–H and O–H groups in total. The van der Waals surface area contributed by atoms with E-state index in [2.05, 4.69) is 15.5 Å². The van der Waals surface area contributed by atoms with Crippen LogP contribution < -0.4 is 15.8 Å². The maximum atomic E-state index is 14.1. The fourth-order valence-electron chi connectivity index (χ4n) is 3.87. The third-order valence-corrected chi connectivity index (χ3v) is 5.37. The van der Waals surface area contributed by atoms with Crippen molar-refractivity contribution in [2.75, 3.05) is 12.8 Å². The molecule has 0 aliphatic carbocycles. The fraction of sp³-hybridized carbons (Fsp3) is 0.261. The Morgan fingerprint density at radius 3 is 2.85 bits per heavy atom. The number of rotatable bonds is 3. The lowest BCUT2D eigenvalue weighted by atomic mass is 9.91. The zero-order chi connectivity index (χ0) is 23.7. The molecule has 7 nitrogen and oxygen atoms in total. The van der Waals surface area contributed by atoms with Crippen molar-refractivity contribution in [3.63, 3.8) is 0 Å². The molecule has 3 heterocycles. The van der Waals surface area contributed by atoms with Gasteiger partial charge in [-0.1, -0.05) is 5.16 Å². The van der Waals surface area contributed by atoms with E-state index in [1.807, 2.05) is 0 Å². The molecule has 4 rings (SSSR count). The summed E-state index contributed by atoms with van der Waals surface area (Å²) in [5.41, 5.74) is 8.35. The molecule has 0 amide bonds. The molecule has 172 valence electrons. The quantitative estimate of drug-likeness (QED) is 0.537. The molecule has 0 fully saturated rings. The number of nitrogen functional groups attached to an aromatic ring is 1. The summed E-state index contributed by atoms with van der Waals surface area (Å²) < 4.78 is 52.1. The molecule has 3 aromatic rings. The first-order valence-electron chi connectivity index (χ1n) is 10.2. The zero-order valence-corrected chi connectivity index (χ0v) is 18.0. The molecule has 0 spiro atoms. The summed E-state index contributed by atoms with van der Waals surface area (Å²) in [6.07, 6.45) is -0.807. The van der Waals surface area contributed by atoms with Crippen LogP contribution in [0.4, 0.5) is 19.0 Å². The van der Waals surface area contributed by atoms with E-state index in [0.29, 0.717) is 27.8 Å². The van der Waals surface area contributed by atoms with Crippen LogP contribution in [0.5, 0.6) is 5.75 Å². The number of aromatic nitrogens is 2. The molecule has 33 heavy (non-hydrogen) atoms. The number of nitrogens with one attached hydrogen (secondary N) is 2. The standard InChI is InChI=1S/C23H22F3N5O2/c1-11-16-7-14(24)3-4-15(16)22(27)13(9-29-2)6-18-21(17(31-33-18)8-20(25)26)12-5-19(32-11)23(28)30-10-12/h3-5,7,9-11,20,27,29H,6,8H2,1-2H3,(H2,28,30)/b13-9-,27-22?/t11-/m1/s1. The lowest BCUT2D eigenvalue weighted by Crippen LogP contribution is -2.16. The normalized spacial score (nSPS) is 17.1. The fourth-order valence-corrected chi connectivity index (χ4v) is 3.87. The van der Waals surface area contributed by atoms with Crippen LogP contribution in [0.2, 0.25) is 0 Å². The number of halogens is 3. The number of hydrogen-bond donors (Lipinski definition) is 3. The van der Waals surface area contributed by atoms with Gasteiger partial charge < -0.3 is 20.3 Å². The van der Waals surface area contributed by atoms with Gasteiger partial charge in [0.1, 0.15) is 17.7 Å². The largest absolute Gasteiger partial charge is 0.482 e. The molecule has 0 radical (unpaired) electrons. The SMILES string of the molecule is CN/C=C1/Cc2onc(CC(F)F)c2-c2cnc(N)c(c2)O[C@H](C)c2cc(F)ccc2C1=N. The number of pyridine rings is 1. The Balaban J connectivity index is 1.97. The second-order valence-corrected chi connectivity index (χ2v) is 7.63. The third-order valence-electron chi connectivity index (χ3n) is 5.37. The molecule has 1 atom stereocenters. The Hall–Kier alpha value is -3.82. The summed E-state index contributed by atoms with van der Waals surface area (Å²) in [7, 11) is 1.67. The van der Waals surface area contributed by atoms with Crippen molar-refractivity contribution in [1.29, 1.82) is 5.41 Å². The van der Waals surface area contributed by atoms with E-state index >= 15 is 0 Å². The Morgan fingerprint density at radius 2 is 2.12 bits per heavy atom. The number of ether oxygens (including phenoxy) is 1. The highest BCUT2D eigenvalue weighted by Gasteiger charge is 2.27. The van der Waals surface area contributed by atoms with E-state index in [9.17, 15) is 13.2 Å². The van der Waals surface area contributed by atoms with Gasteiger partial charge in [-0.05, 0) is 31.2 Å². The van der Waals surface area contributed by atoms with Gasteiger partial charge in [0.05, 0.1) is 23.4 Å². The Bertz CT molecular complexity index is 1240. The monoisotopic (exact) mass is 457 g/mol. The first-order chi connectivity index (χ1) is 15.8. The summed E-state index contributed by atoms with van der Waals surface area (Å²) in [5.74, 6) is 0.0901. The van der Waals surface area contributed by atoms with Gasteiger partial charge >= 0.3 is 0 Å². The highest BCUT2D eigenvalue weighted by atomic mass is 19.3. The van der Waals surface area contributed by atoms with E-state index in [1.54, 1.807) is 26.2 Å². The maximum Gasteiger partial charge on any atom is 0.244 e. The Morgan fingerprint density at radius 1 is 1.33 bits per heavy atom. The molecular formula is C23H22F3N5O2. The third kappa shape index (κ3) is 4.41. The summed E-state index contributed by atoms with van der Waals surface area (Å²) in [6.45, 7) is 1.71. The number of hydrogen-bond acceptors (Lipinski definition) is 7. The van der Waals surface area contributed by atoms with Gasteiger partial charge in [-0.15, -0.1) is 0 Å². The minimum Gasteiger partial charge on any atom is -0.482 e. The number of fused-ring (bicyclic) bond motifs is 5. The summed E-state index contributed by atoms with van der Waals surface area (Å²) in [4.78, 5) is 4.16. The van der Waals surface area contributed by atoms with Crippen molar-refractivity contribution in [3.8, 4) is 16.9 Å². The van der Waals surface area contributed by atoms with Crippen molar-refractivity contribution < 1.29 is 22.4 Å². The van der Waals surface area contributed by atoms with E-state index in [0.717, 1.165) is 0 Å². The van der Waals surface area contributed by atoms with Crippen molar-refractivity contribution in [1.82, 2.24) is 15.5 Å². The van der Waals surface area contributed by atoms with Crippen molar-refractivity contribution in [2.45, 2.75) is 32.3 Å². The first kappa shape index (κ1) is 22.4. The number of nitrogens with zero attached hydrogens (tertiary/aromatic N) is 2. The van der Waals surface area contributed by atoms with E-state index < -0.39 is 24.8 Å². The Labute approximate surface area is 188 Å². The van der Waals surface area contributed by atoms with Crippen LogP contribution in [0, 0.1) is 11.2 Å². The minimum atomic E-state index is -2.63. The van der Waals surface area contributed by atoms with E-state index in [-0.39, 0.29) is 35.2 Å². The first-order valence-corrected chi connectivity index (χ1v) is 10.2. The van der Waals surface area contributed by atoms with Crippen molar-refractivity contribution >= 4 is 11.5 Å². The smallest absolute Gasteiger partial charge is 0.244 e. The second-order valence-electron chi connectivity index (χ2n) is 7.63. The number of alkyl halides is 2. The van der Waals surface area contributed by atoms with Crippen LogP contribution in [-0.2, 0) is 12.8 Å². The van der Waals surface area contributed by atoms with E-state index in [1.165, 1.54) is 24.4 Å². The molecule has 1 aliphatic rings. The zero-order valence-electron chi connectivity index (χ0n) is 18.0. The second kappa shape index (κ2) is 8.97. The Kier molecular flexibility index (Phi) is 6.08.